The minimum Gasteiger partial charge on any atom is -0.0710 e. The van der Waals surface area contributed by atoms with Crippen LogP contribution in [0.4, 0.5) is 0 Å². The largest absolute Gasteiger partial charge is 0.0710 e. The average molecular weight is 264 g/mol. The maximum Gasteiger partial charge on any atom is -0.0318 e. The summed E-state index contributed by atoms with van der Waals surface area (Å²) >= 11 is 0. The molecule has 0 aromatic heterocycles. The van der Waals surface area contributed by atoms with Crippen molar-refractivity contribution in [1.82, 2.24) is 0 Å². The summed E-state index contributed by atoms with van der Waals surface area (Å²) in [5, 5.41) is 0. The van der Waals surface area contributed by atoms with Crippen LogP contribution in [0.25, 0.3) is 0 Å². The molecular weight excluding hydrogens is 228 g/mol. The van der Waals surface area contributed by atoms with Crippen LogP contribution in [0.1, 0.15) is 110 Å². The molecule has 19 heavy (non-hydrogen) atoms. The molecule has 0 aromatic rings. The van der Waals surface area contributed by atoms with Crippen LogP contribution in [0, 0.1) is 0 Å². The van der Waals surface area contributed by atoms with Crippen LogP contribution in [-0.2, 0) is 0 Å². The highest BCUT2D eigenvalue weighted by Crippen LogP contribution is 2.28. The van der Waals surface area contributed by atoms with E-state index in [1.165, 1.54) is 96.3 Å². The molecule has 0 bridgehead atoms. The first-order valence-electron chi connectivity index (χ1n) is 9.08. The van der Waals surface area contributed by atoms with Gasteiger partial charge in [0.1, 0.15) is 0 Å². The monoisotopic (exact) mass is 264 g/mol. The lowest BCUT2D eigenvalue weighted by atomic mass is 9.91. The second-order valence-electron chi connectivity index (χ2n) is 6.39. The van der Waals surface area contributed by atoms with Crippen molar-refractivity contribution in [3.63, 3.8) is 0 Å². The Morgan fingerprint density at radius 3 is 1.32 bits per heavy atom. The highest BCUT2D eigenvalue weighted by atomic mass is 14.1. The second-order valence-corrected chi connectivity index (χ2v) is 6.39. The van der Waals surface area contributed by atoms with E-state index in [1.807, 2.05) is 11.1 Å². The number of hydrogen-bond donors (Lipinski definition) is 0. The van der Waals surface area contributed by atoms with Crippen molar-refractivity contribution in [3.8, 4) is 0 Å². The molecule has 0 amide bonds. The molecule has 0 saturated heterocycles. The standard InChI is InChI=1S/C19H36/c1-3-5-14-18-16-12-10-8-7-9-11-13-17-19(18)15-6-4-2/h3-17H2,1-2H3/b19-18-. The van der Waals surface area contributed by atoms with Gasteiger partial charge in [-0.15, -0.1) is 0 Å². The Kier molecular flexibility index (Phi) is 10.2. The second kappa shape index (κ2) is 11.6. The van der Waals surface area contributed by atoms with Crippen LogP contribution in [0.15, 0.2) is 11.1 Å². The maximum atomic E-state index is 2.33. The first-order chi connectivity index (χ1) is 9.38. The Hall–Kier alpha value is -0.260. The minimum atomic E-state index is 1.35. The van der Waals surface area contributed by atoms with Gasteiger partial charge in [0, 0.05) is 0 Å². The summed E-state index contributed by atoms with van der Waals surface area (Å²) in [6, 6.07) is 0. The molecule has 112 valence electrons. The van der Waals surface area contributed by atoms with Gasteiger partial charge in [0.2, 0.25) is 0 Å². The molecule has 0 unspecified atom stereocenters. The lowest BCUT2D eigenvalue weighted by molar-refractivity contribution is 0.583. The summed E-state index contributed by atoms with van der Waals surface area (Å²) in [6.45, 7) is 4.66. The topological polar surface area (TPSA) is 0 Å². The van der Waals surface area contributed by atoms with Gasteiger partial charge in [-0.1, -0.05) is 69.9 Å². The van der Waals surface area contributed by atoms with E-state index in [2.05, 4.69) is 13.8 Å². The quantitative estimate of drug-likeness (QED) is 0.445. The Bertz CT molecular complexity index is 212. The molecule has 0 spiro atoms. The van der Waals surface area contributed by atoms with Crippen molar-refractivity contribution >= 4 is 0 Å². The third kappa shape index (κ3) is 7.80. The van der Waals surface area contributed by atoms with Gasteiger partial charge in [-0.05, 0) is 51.4 Å². The van der Waals surface area contributed by atoms with Crippen molar-refractivity contribution < 1.29 is 0 Å². The zero-order valence-corrected chi connectivity index (χ0v) is 13.6. The molecular formula is C19H36. The van der Waals surface area contributed by atoms with E-state index in [1.54, 1.807) is 0 Å². The zero-order valence-electron chi connectivity index (χ0n) is 13.6. The van der Waals surface area contributed by atoms with E-state index < -0.39 is 0 Å². The molecule has 0 heterocycles. The highest BCUT2D eigenvalue weighted by molar-refractivity contribution is 5.15. The fourth-order valence-corrected chi connectivity index (χ4v) is 3.30. The molecule has 0 aromatic carbocycles. The summed E-state index contributed by atoms with van der Waals surface area (Å²) in [6.07, 6.45) is 21.4. The minimum absolute atomic E-state index is 1.35. The SMILES string of the molecule is CCCC/C1=C(\CCCC)CCCCCCCCC1. The molecule has 0 nitrogen and oxygen atoms in total. The van der Waals surface area contributed by atoms with Crippen LogP contribution in [0.5, 0.6) is 0 Å². The summed E-state index contributed by atoms with van der Waals surface area (Å²) in [5.74, 6) is 0. The average Bonchev–Trinajstić information content (AvgIpc) is 2.48. The third-order valence-electron chi connectivity index (χ3n) is 4.62. The van der Waals surface area contributed by atoms with E-state index >= 15 is 0 Å². The third-order valence-corrected chi connectivity index (χ3v) is 4.62. The number of allylic oxidation sites excluding steroid dienone is 2. The summed E-state index contributed by atoms with van der Waals surface area (Å²) in [7, 11) is 0. The molecule has 0 atom stereocenters. The lowest BCUT2D eigenvalue weighted by Gasteiger charge is -2.15. The van der Waals surface area contributed by atoms with Crippen LogP contribution in [-0.4, -0.2) is 0 Å². The summed E-state index contributed by atoms with van der Waals surface area (Å²) < 4.78 is 0. The molecule has 0 heteroatoms. The Labute approximate surface area is 122 Å². The van der Waals surface area contributed by atoms with Gasteiger partial charge in [0.15, 0.2) is 0 Å². The highest BCUT2D eigenvalue weighted by Gasteiger charge is 2.08. The van der Waals surface area contributed by atoms with Gasteiger partial charge in [-0.2, -0.15) is 0 Å². The van der Waals surface area contributed by atoms with Crippen molar-refractivity contribution in [3.05, 3.63) is 11.1 Å². The fraction of sp³-hybridized carbons (Fsp3) is 0.895. The molecule has 1 aliphatic carbocycles. The predicted molar refractivity (Wildman–Crippen MR) is 87.6 cm³/mol. The van der Waals surface area contributed by atoms with Crippen molar-refractivity contribution in [2.45, 2.75) is 110 Å². The lowest BCUT2D eigenvalue weighted by Crippen LogP contribution is -1.95. The van der Waals surface area contributed by atoms with Crippen LogP contribution >= 0.6 is 0 Å². The van der Waals surface area contributed by atoms with Crippen LogP contribution in [0.2, 0.25) is 0 Å². The summed E-state index contributed by atoms with van der Waals surface area (Å²) in [5.41, 5.74) is 3.74. The molecule has 0 N–H and O–H groups in total. The fourth-order valence-electron chi connectivity index (χ4n) is 3.30. The van der Waals surface area contributed by atoms with Gasteiger partial charge >= 0.3 is 0 Å². The van der Waals surface area contributed by atoms with Crippen molar-refractivity contribution in [1.29, 1.82) is 0 Å². The zero-order chi connectivity index (χ0) is 13.8. The Morgan fingerprint density at radius 2 is 0.947 bits per heavy atom. The number of rotatable bonds is 6. The normalized spacial score (nSPS) is 23.1. The van der Waals surface area contributed by atoms with Gasteiger partial charge in [0.05, 0.1) is 0 Å². The number of hydrogen-bond acceptors (Lipinski definition) is 0. The van der Waals surface area contributed by atoms with Crippen molar-refractivity contribution in [2.24, 2.45) is 0 Å². The summed E-state index contributed by atoms with van der Waals surface area (Å²) in [4.78, 5) is 0. The molecule has 0 aliphatic heterocycles. The van der Waals surface area contributed by atoms with E-state index in [0.717, 1.165) is 0 Å². The Balaban J connectivity index is 2.65. The molecule has 1 aliphatic rings. The first-order valence-corrected chi connectivity index (χ1v) is 9.08. The Morgan fingerprint density at radius 1 is 0.579 bits per heavy atom. The van der Waals surface area contributed by atoms with Gasteiger partial charge in [-0.25, -0.2) is 0 Å². The molecule has 0 saturated carbocycles. The molecule has 1 rings (SSSR count). The van der Waals surface area contributed by atoms with Gasteiger partial charge in [-0.3, -0.25) is 0 Å². The molecule has 0 radical (unpaired) electrons. The predicted octanol–water partition coefficient (Wildman–Crippen LogP) is 7.19. The van der Waals surface area contributed by atoms with E-state index in [4.69, 9.17) is 0 Å². The van der Waals surface area contributed by atoms with E-state index in [0.29, 0.717) is 0 Å². The smallest absolute Gasteiger partial charge is 0.0318 e. The van der Waals surface area contributed by atoms with E-state index in [9.17, 15) is 0 Å². The number of unbranched alkanes of at least 4 members (excludes halogenated alkanes) is 2. The van der Waals surface area contributed by atoms with Crippen LogP contribution in [0.3, 0.4) is 0 Å². The van der Waals surface area contributed by atoms with E-state index in [-0.39, 0.29) is 0 Å². The maximum absolute atomic E-state index is 2.33. The van der Waals surface area contributed by atoms with Gasteiger partial charge in [0.25, 0.3) is 0 Å². The molecule has 0 fully saturated rings. The first kappa shape index (κ1) is 16.8. The van der Waals surface area contributed by atoms with Crippen LogP contribution < -0.4 is 0 Å². The van der Waals surface area contributed by atoms with Crippen molar-refractivity contribution in [2.75, 3.05) is 0 Å². The van der Waals surface area contributed by atoms with Gasteiger partial charge < -0.3 is 0 Å².